The number of amides is 1. The van der Waals surface area contributed by atoms with Gasteiger partial charge < -0.3 is 14.8 Å². The van der Waals surface area contributed by atoms with Gasteiger partial charge in [-0.3, -0.25) is 9.59 Å². The summed E-state index contributed by atoms with van der Waals surface area (Å²) in [5.74, 6) is 0.858. The highest BCUT2D eigenvalue weighted by Crippen LogP contribution is 2.23. The first kappa shape index (κ1) is 17.5. The molecule has 0 aliphatic heterocycles. The van der Waals surface area contributed by atoms with Gasteiger partial charge in [-0.2, -0.15) is 0 Å². The molecule has 0 saturated heterocycles. The number of anilines is 1. The lowest BCUT2D eigenvalue weighted by atomic mass is 10.2. The van der Waals surface area contributed by atoms with Gasteiger partial charge in [0.25, 0.3) is 0 Å². The predicted molar refractivity (Wildman–Crippen MR) is 92.2 cm³/mol. The average molecular weight is 327 g/mol. The molecular formula is C19H21NO4. The van der Waals surface area contributed by atoms with Crippen LogP contribution in [0.25, 0.3) is 0 Å². The van der Waals surface area contributed by atoms with Gasteiger partial charge in [-0.1, -0.05) is 12.1 Å². The van der Waals surface area contributed by atoms with Gasteiger partial charge in [0.1, 0.15) is 11.5 Å². The van der Waals surface area contributed by atoms with E-state index < -0.39 is 0 Å². The number of hydrogen-bond donors (Lipinski definition) is 1. The molecule has 0 unspecified atom stereocenters. The highest BCUT2D eigenvalue weighted by atomic mass is 16.5. The Morgan fingerprint density at radius 2 is 1.75 bits per heavy atom. The summed E-state index contributed by atoms with van der Waals surface area (Å²) in [6.45, 7) is 4.06. The molecule has 2 aromatic rings. The van der Waals surface area contributed by atoms with E-state index in [-0.39, 0.29) is 24.7 Å². The molecule has 5 heteroatoms. The number of esters is 1. The number of benzene rings is 2. The van der Waals surface area contributed by atoms with E-state index in [1.807, 2.05) is 31.2 Å². The van der Waals surface area contributed by atoms with Crippen molar-refractivity contribution in [2.75, 3.05) is 11.9 Å². The lowest BCUT2D eigenvalue weighted by Gasteiger charge is -2.08. The van der Waals surface area contributed by atoms with Crippen molar-refractivity contribution in [1.82, 2.24) is 0 Å². The van der Waals surface area contributed by atoms with Gasteiger partial charge in [-0.05, 0) is 55.8 Å². The zero-order valence-corrected chi connectivity index (χ0v) is 13.9. The Bertz CT molecular complexity index is 695. The number of nitrogens with one attached hydrogen (secondary N) is 1. The smallest absolute Gasteiger partial charge is 0.306 e. The summed E-state index contributed by atoms with van der Waals surface area (Å²) in [6.07, 6.45) is 0.175. The Morgan fingerprint density at radius 3 is 2.42 bits per heavy atom. The summed E-state index contributed by atoms with van der Waals surface area (Å²) >= 11 is 0. The largest absolute Gasteiger partial charge is 0.466 e. The molecule has 0 aromatic heterocycles. The minimum Gasteiger partial charge on any atom is -0.466 e. The maximum atomic E-state index is 11.8. The van der Waals surface area contributed by atoms with E-state index in [1.54, 1.807) is 31.2 Å². The highest BCUT2D eigenvalue weighted by molar-refractivity contribution is 5.92. The van der Waals surface area contributed by atoms with Crippen LogP contribution in [0.3, 0.4) is 0 Å². The number of hydrogen-bond acceptors (Lipinski definition) is 4. The fourth-order valence-corrected chi connectivity index (χ4v) is 2.09. The first-order valence-corrected chi connectivity index (χ1v) is 7.87. The van der Waals surface area contributed by atoms with Gasteiger partial charge in [-0.15, -0.1) is 0 Å². The predicted octanol–water partition coefficient (Wildman–Crippen LogP) is 4.07. The van der Waals surface area contributed by atoms with E-state index in [0.717, 1.165) is 11.3 Å². The van der Waals surface area contributed by atoms with Crippen LogP contribution in [0.1, 0.15) is 25.3 Å². The third-order valence-corrected chi connectivity index (χ3v) is 3.22. The first-order valence-electron chi connectivity index (χ1n) is 7.87. The van der Waals surface area contributed by atoms with E-state index in [2.05, 4.69) is 5.32 Å². The second-order valence-corrected chi connectivity index (χ2v) is 5.30. The van der Waals surface area contributed by atoms with Crippen molar-refractivity contribution >= 4 is 17.6 Å². The molecule has 1 N–H and O–H groups in total. The summed E-state index contributed by atoms with van der Waals surface area (Å²) in [6, 6.07) is 14.8. The van der Waals surface area contributed by atoms with Crippen molar-refractivity contribution in [1.29, 1.82) is 0 Å². The Kier molecular flexibility index (Phi) is 6.37. The first-order chi connectivity index (χ1) is 11.6. The standard InChI is InChI=1S/C19H21NO4/c1-3-23-19(22)12-11-18(21)20-15-7-9-16(10-8-15)24-17-6-4-5-14(2)13-17/h4-10,13H,3,11-12H2,1-2H3,(H,20,21). The minimum absolute atomic E-state index is 0.0776. The van der Waals surface area contributed by atoms with Crippen LogP contribution in [-0.4, -0.2) is 18.5 Å². The maximum Gasteiger partial charge on any atom is 0.306 e. The number of carbonyl (C=O) groups is 2. The molecule has 0 aliphatic carbocycles. The fraction of sp³-hybridized carbons (Fsp3) is 0.263. The molecule has 1 amide bonds. The number of aryl methyl sites for hydroxylation is 1. The Labute approximate surface area is 141 Å². The van der Waals surface area contributed by atoms with Crippen molar-refractivity contribution < 1.29 is 19.1 Å². The molecule has 0 radical (unpaired) electrons. The number of carbonyl (C=O) groups excluding carboxylic acids is 2. The summed E-state index contributed by atoms with van der Waals surface area (Å²) in [5.41, 5.74) is 1.78. The summed E-state index contributed by atoms with van der Waals surface area (Å²) < 4.78 is 10.5. The third-order valence-electron chi connectivity index (χ3n) is 3.22. The zero-order chi connectivity index (χ0) is 17.4. The molecule has 24 heavy (non-hydrogen) atoms. The van der Waals surface area contributed by atoms with Gasteiger partial charge in [0.2, 0.25) is 5.91 Å². The quantitative estimate of drug-likeness (QED) is 0.779. The van der Waals surface area contributed by atoms with Gasteiger partial charge >= 0.3 is 5.97 Å². The second kappa shape index (κ2) is 8.72. The third kappa shape index (κ3) is 5.76. The van der Waals surface area contributed by atoms with Crippen molar-refractivity contribution in [2.24, 2.45) is 0 Å². The van der Waals surface area contributed by atoms with Crippen LogP contribution in [0, 0.1) is 6.92 Å². The van der Waals surface area contributed by atoms with Crippen molar-refractivity contribution in [3.8, 4) is 11.5 Å². The van der Waals surface area contributed by atoms with Gasteiger partial charge in [-0.25, -0.2) is 0 Å². The van der Waals surface area contributed by atoms with E-state index in [4.69, 9.17) is 9.47 Å². The van der Waals surface area contributed by atoms with Crippen LogP contribution in [0.5, 0.6) is 11.5 Å². The van der Waals surface area contributed by atoms with Crippen LogP contribution < -0.4 is 10.1 Å². The highest BCUT2D eigenvalue weighted by Gasteiger charge is 2.08. The van der Waals surface area contributed by atoms with E-state index in [9.17, 15) is 9.59 Å². The van der Waals surface area contributed by atoms with Crippen LogP contribution in [0.2, 0.25) is 0 Å². The van der Waals surface area contributed by atoms with Crippen molar-refractivity contribution in [3.63, 3.8) is 0 Å². The minimum atomic E-state index is -0.366. The van der Waals surface area contributed by atoms with E-state index in [0.29, 0.717) is 18.0 Å². The molecule has 0 spiro atoms. The Hall–Kier alpha value is -2.82. The van der Waals surface area contributed by atoms with Gasteiger partial charge in [0.15, 0.2) is 0 Å². The summed E-state index contributed by atoms with van der Waals surface area (Å²) in [4.78, 5) is 23.0. The Balaban J connectivity index is 1.85. The zero-order valence-electron chi connectivity index (χ0n) is 13.9. The molecule has 0 saturated carbocycles. The van der Waals surface area contributed by atoms with Crippen LogP contribution in [0.15, 0.2) is 48.5 Å². The Morgan fingerprint density at radius 1 is 1.00 bits per heavy atom. The van der Waals surface area contributed by atoms with E-state index in [1.165, 1.54) is 0 Å². The average Bonchev–Trinajstić information content (AvgIpc) is 2.55. The fourth-order valence-electron chi connectivity index (χ4n) is 2.09. The molecule has 0 atom stereocenters. The topological polar surface area (TPSA) is 64.6 Å². The van der Waals surface area contributed by atoms with Gasteiger partial charge in [0.05, 0.1) is 13.0 Å². The molecular weight excluding hydrogens is 306 g/mol. The lowest BCUT2D eigenvalue weighted by molar-refractivity contribution is -0.144. The number of ether oxygens (including phenoxy) is 2. The molecule has 126 valence electrons. The summed E-state index contributed by atoms with van der Waals surface area (Å²) in [7, 11) is 0. The normalized spacial score (nSPS) is 10.1. The molecule has 0 fully saturated rings. The summed E-state index contributed by atoms with van der Waals surface area (Å²) in [5, 5.41) is 2.74. The van der Waals surface area contributed by atoms with Crippen molar-refractivity contribution in [2.45, 2.75) is 26.7 Å². The van der Waals surface area contributed by atoms with Crippen LogP contribution in [-0.2, 0) is 14.3 Å². The monoisotopic (exact) mass is 327 g/mol. The lowest BCUT2D eigenvalue weighted by Crippen LogP contribution is -2.14. The maximum absolute atomic E-state index is 11.8. The van der Waals surface area contributed by atoms with Crippen LogP contribution >= 0.6 is 0 Å². The van der Waals surface area contributed by atoms with E-state index >= 15 is 0 Å². The number of rotatable bonds is 7. The molecule has 0 heterocycles. The molecule has 0 aliphatic rings. The van der Waals surface area contributed by atoms with Gasteiger partial charge in [0, 0.05) is 12.1 Å². The molecule has 2 rings (SSSR count). The van der Waals surface area contributed by atoms with Crippen molar-refractivity contribution in [3.05, 3.63) is 54.1 Å². The molecule has 5 nitrogen and oxygen atoms in total. The SMILES string of the molecule is CCOC(=O)CCC(=O)Nc1ccc(Oc2cccc(C)c2)cc1. The molecule has 2 aromatic carbocycles. The van der Waals surface area contributed by atoms with Crippen LogP contribution in [0.4, 0.5) is 5.69 Å². The second-order valence-electron chi connectivity index (χ2n) is 5.30. The molecule has 0 bridgehead atoms.